The molecule has 1 fully saturated rings. The molecule has 3 N–H and O–H groups in total. The number of aromatic amines is 1. The predicted octanol–water partition coefficient (Wildman–Crippen LogP) is -0.489. The van der Waals surface area contributed by atoms with Gasteiger partial charge in [-0.1, -0.05) is 17.6 Å². The number of aromatic nitrogens is 2. The van der Waals surface area contributed by atoms with E-state index >= 15 is 0 Å². The van der Waals surface area contributed by atoms with Crippen molar-refractivity contribution in [2.75, 3.05) is 6.61 Å². The predicted molar refractivity (Wildman–Crippen MR) is 111 cm³/mol. The topological polar surface area (TPSA) is 132 Å². The fraction of sp³-hybridized carbons (Fsp3) is 0.444. The van der Waals surface area contributed by atoms with Crippen LogP contribution in [0.5, 0.6) is 5.75 Å². The Morgan fingerprint density at radius 3 is 2.63 bits per heavy atom. The Morgan fingerprint density at radius 1 is 1.30 bits per heavy atom. The average Bonchev–Trinajstić information content (AvgIpc) is 3.02. The Hall–Kier alpha value is -2.01. The molecule has 1 saturated heterocycles. The molecule has 30 heavy (non-hydrogen) atoms. The standard InChI is InChI=1S/C18H24BN2O8P/c1-18(2,24)28-13-9-16(21-8-7-15(22)20-17(21)23)27-14(13)10-26-30(25)29-12-5-3-11(19)4-6-12/h3-8,13-14,16,24-25H,9-10,19H2,1-2H3,(H,20,22,23). The molecule has 0 bridgehead atoms. The van der Waals surface area contributed by atoms with Gasteiger partial charge in [0, 0.05) is 18.7 Å². The summed E-state index contributed by atoms with van der Waals surface area (Å²) in [5.74, 6) is -0.983. The van der Waals surface area contributed by atoms with Crippen molar-refractivity contribution in [3.63, 3.8) is 0 Å². The van der Waals surface area contributed by atoms with Crippen LogP contribution in [0.2, 0.25) is 0 Å². The molecule has 1 aromatic heterocycles. The molecule has 1 aromatic carbocycles. The van der Waals surface area contributed by atoms with Gasteiger partial charge in [0.1, 0.15) is 25.9 Å². The van der Waals surface area contributed by atoms with E-state index in [0.29, 0.717) is 5.75 Å². The number of benzene rings is 1. The van der Waals surface area contributed by atoms with Crippen LogP contribution in [0.4, 0.5) is 0 Å². The lowest BCUT2D eigenvalue weighted by atomic mass is 9.97. The zero-order chi connectivity index (χ0) is 21.9. The second-order valence-corrected chi connectivity index (χ2v) is 8.34. The summed E-state index contributed by atoms with van der Waals surface area (Å²) >= 11 is 0. The Kier molecular flexibility index (Phi) is 7.12. The number of hydrogen-bond acceptors (Lipinski definition) is 8. The Bertz CT molecular complexity index is 958. The van der Waals surface area contributed by atoms with Crippen LogP contribution < -0.4 is 21.2 Å². The third-order valence-electron chi connectivity index (χ3n) is 4.34. The molecule has 0 spiro atoms. The molecule has 0 radical (unpaired) electrons. The second kappa shape index (κ2) is 9.42. The summed E-state index contributed by atoms with van der Waals surface area (Å²) in [6.45, 7) is 2.86. The maximum absolute atomic E-state index is 12.1. The van der Waals surface area contributed by atoms with Gasteiger partial charge >= 0.3 is 14.3 Å². The van der Waals surface area contributed by atoms with Crippen LogP contribution in [0.3, 0.4) is 0 Å². The van der Waals surface area contributed by atoms with Crippen LogP contribution in [-0.2, 0) is 14.0 Å². The van der Waals surface area contributed by atoms with Crippen LogP contribution in [0.1, 0.15) is 26.5 Å². The molecule has 4 unspecified atom stereocenters. The van der Waals surface area contributed by atoms with Crippen molar-refractivity contribution in [3.05, 3.63) is 57.4 Å². The maximum Gasteiger partial charge on any atom is 0.394 e. The number of aliphatic hydroxyl groups is 1. The Balaban J connectivity index is 1.66. The van der Waals surface area contributed by atoms with E-state index in [1.54, 1.807) is 12.1 Å². The van der Waals surface area contributed by atoms with Gasteiger partial charge in [-0.05, 0) is 26.0 Å². The Labute approximate surface area is 174 Å². The summed E-state index contributed by atoms with van der Waals surface area (Å²) < 4.78 is 23.5. The van der Waals surface area contributed by atoms with Gasteiger partial charge in [-0.25, -0.2) is 4.79 Å². The highest BCUT2D eigenvalue weighted by molar-refractivity contribution is 7.41. The normalized spacial score (nSPS) is 22.7. The molecule has 3 rings (SSSR count). The number of ether oxygens (including phenoxy) is 2. The molecule has 0 amide bonds. The summed E-state index contributed by atoms with van der Waals surface area (Å²) in [6.07, 6.45) is -0.504. The highest BCUT2D eigenvalue weighted by atomic mass is 31.2. The highest BCUT2D eigenvalue weighted by Crippen LogP contribution is 2.38. The average molecular weight is 438 g/mol. The highest BCUT2D eigenvalue weighted by Gasteiger charge is 2.40. The van der Waals surface area contributed by atoms with E-state index < -0.39 is 44.1 Å². The van der Waals surface area contributed by atoms with Crippen molar-refractivity contribution in [2.24, 2.45) is 0 Å². The van der Waals surface area contributed by atoms with E-state index in [4.69, 9.17) is 18.5 Å². The number of H-pyrrole nitrogens is 1. The van der Waals surface area contributed by atoms with Gasteiger partial charge in [-0.2, -0.15) is 0 Å². The first-order valence-corrected chi connectivity index (χ1v) is 10.5. The molecular formula is C18H24BN2O8P. The monoisotopic (exact) mass is 438 g/mol. The number of nitrogens with one attached hydrogen (secondary N) is 1. The molecule has 4 atom stereocenters. The van der Waals surface area contributed by atoms with Crippen molar-refractivity contribution in [3.8, 4) is 5.75 Å². The van der Waals surface area contributed by atoms with E-state index in [1.807, 2.05) is 20.0 Å². The minimum Gasteiger partial charge on any atom is -0.427 e. The molecule has 1 aliphatic rings. The summed E-state index contributed by atoms with van der Waals surface area (Å²) in [5.41, 5.74) is -0.0826. The van der Waals surface area contributed by atoms with Crippen molar-refractivity contribution in [1.29, 1.82) is 0 Å². The first-order valence-electron chi connectivity index (χ1n) is 9.34. The summed E-state index contributed by atoms with van der Waals surface area (Å²) in [6, 6.07) is 8.34. The molecule has 1 aliphatic heterocycles. The first kappa shape index (κ1) is 22.7. The van der Waals surface area contributed by atoms with E-state index in [-0.39, 0.29) is 13.0 Å². The largest absolute Gasteiger partial charge is 0.427 e. The van der Waals surface area contributed by atoms with Gasteiger partial charge in [0.05, 0.1) is 12.7 Å². The van der Waals surface area contributed by atoms with Crippen LogP contribution in [0, 0.1) is 0 Å². The van der Waals surface area contributed by atoms with Crippen molar-refractivity contribution in [1.82, 2.24) is 9.55 Å². The molecule has 12 heteroatoms. The van der Waals surface area contributed by atoms with Crippen LogP contribution in [0.15, 0.2) is 46.1 Å². The SMILES string of the molecule is Bc1ccc(OP(O)OCC2OC(n3ccc(=O)[nH]c3=O)CC2OC(C)(C)O)cc1. The lowest BCUT2D eigenvalue weighted by molar-refractivity contribution is -0.216. The van der Waals surface area contributed by atoms with E-state index in [1.165, 1.54) is 30.7 Å². The van der Waals surface area contributed by atoms with Gasteiger partial charge in [0.15, 0.2) is 5.79 Å². The van der Waals surface area contributed by atoms with Gasteiger partial charge in [-0.3, -0.25) is 18.9 Å². The second-order valence-electron chi connectivity index (χ2n) is 7.42. The molecule has 162 valence electrons. The summed E-state index contributed by atoms with van der Waals surface area (Å²) in [5, 5.41) is 10.0. The lowest BCUT2D eigenvalue weighted by Gasteiger charge is -2.26. The maximum atomic E-state index is 12.1. The van der Waals surface area contributed by atoms with Gasteiger partial charge in [-0.15, -0.1) is 0 Å². The number of nitrogens with zero attached hydrogens (tertiary/aromatic N) is 1. The van der Waals surface area contributed by atoms with Gasteiger partial charge in [0.2, 0.25) is 0 Å². The molecular weight excluding hydrogens is 414 g/mol. The fourth-order valence-electron chi connectivity index (χ4n) is 3.02. The summed E-state index contributed by atoms with van der Waals surface area (Å²) in [4.78, 5) is 35.6. The minimum absolute atomic E-state index is 0.0938. The van der Waals surface area contributed by atoms with E-state index in [2.05, 4.69) is 4.98 Å². The van der Waals surface area contributed by atoms with Crippen molar-refractivity contribution < 1.29 is 28.5 Å². The van der Waals surface area contributed by atoms with Crippen molar-refractivity contribution >= 4 is 21.9 Å². The lowest BCUT2D eigenvalue weighted by Crippen LogP contribution is -2.36. The number of hydrogen-bond donors (Lipinski definition) is 3. The molecule has 2 heterocycles. The van der Waals surface area contributed by atoms with Gasteiger partial charge < -0.3 is 24.0 Å². The number of rotatable bonds is 8. The van der Waals surface area contributed by atoms with Crippen molar-refractivity contribution in [2.45, 2.75) is 44.5 Å². The Morgan fingerprint density at radius 2 is 2.00 bits per heavy atom. The van der Waals surface area contributed by atoms with E-state index in [0.717, 1.165) is 5.46 Å². The first-order chi connectivity index (χ1) is 14.1. The summed E-state index contributed by atoms with van der Waals surface area (Å²) in [7, 11) is -0.291. The zero-order valence-corrected chi connectivity index (χ0v) is 17.7. The zero-order valence-electron chi connectivity index (χ0n) is 16.8. The van der Waals surface area contributed by atoms with Crippen LogP contribution in [-0.4, -0.2) is 52.0 Å². The molecule has 0 saturated carbocycles. The third-order valence-corrected chi connectivity index (χ3v) is 5.07. The van der Waals surface area contributed by atoms with Gasteiger partial charge in [0.25, 0.3) is 5.56 Å². The fourth-order valence-corrected chi connectivity index (χ4v) is 3.65. The van der Waals surface area contributed by atoms with Crippen LogP contribution in [0.25, 0.3) is 0 Å². The smallest absolute Gasteiger partial charge is 0.394 e. The molecule has 0 aliphatic carbocycles. The molecule has 2 aromatic rings. The van der Waals surface area contributed by atoms with E-state index in [9.17, 15) is 19.6 Å². The minimum atomic E-state index is -2.23. The van der Waals surface area contributed by atoms with Crippen LogP contribution >= 0.6 is 8.60 Å². The third kappa shape index (κ3) is 6.25. The molecule has 10 nitrogen and oxygen atoms in total. The quantitative estimate of drug-likeness (QED) is 0.286.